The molecule has 4 rings (SSSR count). The lowest BCUT2D eigenvalue weighted by atomic mass is 10.2. The summed E-state index contributed by atoms with van der Waals surface area (Å²) in [4.78, 5) is 10.9. The van der Waals surface area contributed by atoms with Crippen LogP contribution in [0.1, 0.15) is 28.2 Å². The zero-order valence-electron chi connectivity index (χ0n) is 12.8. The van der Waals surface area contributed by atoms with Gasteiger partial charge in [-0.05, 0) is 49.9 Å². The van der Waals surface area contributed by atoms with Crippen LogP contribution in [0.3, 0.4) is 0 Å². The predicted octanol–water partition coefficient (Wildman–Crippen LogP) is 5.30. The van der Waals surface area contributed by atoms with Gasteiger partial charge in [0, 0.05) is 4.88 Å². The second-order valence-electron chi connectivity index (χ2n) is 5.74. The maximum atomic E-state index is 12.9. The van der Waals surface area contributed by atoms with E-state index in [-0.39, 0.29) is 5.75 Å². The Hall–Kier alpha value is -2.15. The first-order valence-electron chi connectivity index (χ1n) is 7.56. The fourth-order valence-electron chi connectivity index (χ4n) is 2.99. The number of hydrogen-bond donors (Lipinski definition) is 0. The number of rotatable bonds is 2. The summed E-state index contributed by atoms with van der Waals surface area (Å²) in [5.41, 5.74) is 0.439. The van der Waals surface area contributed by atoms with Crippen LogP contribution >= 0.6 is 11.3 Å². The number of fused-ring (bicyclic) bond motifs is 3. The number of aromatic nitrogens is 2. The van der Waals surface area contributed by atoms with E-state index in [0.717, 1.165) is 41.6 Å². The second kappa shape index (κ2) is 5.44. The number of halogens is 3. The third kappa shape index (κ3) is 2.62. The van der Waals surface area contributed by atoms with Gasteiger partial charge in [0.15, 0.2) is 0 Å². The van der Waals surface area contributed by atoms with Crippen molar-refractivity contribution in [3.8, 4) is 11.6 Å². The average Bonchev–Trinajstić information content (AvgIpc) is 3.06. The van der Waals surface area contributed by atoms with Crippen molar-refractivity contribution in [2.75, 3.05) is 0 Å². The largest absolute Gasteiger partial charge is 0.438 e. The van der Waals surface area contributed by atoms with Crippen molar-refractivity contribution in [3.63, 3.8) is 0 Å². The van der Waals surface area contributed by atoms with E-state index < -0.39 is 11.7 Å². The zero-order chi connectivity index (χ0) is 16.9. The topological polar surface area (TPSA) is 35.0 Å². The molecule has 3 nitrogen and oxygen atoms in total. The average molecular weight is 350 g/mol. The molecule has 2 aromatic heterocycles. The molecule has 124 valence electrons. The highest BCUT2D eigenvalue weighted by molar-refractivity contribution is 7.19. The molecule has 1 aromatic carbocycles. The fourth-order valence-corrected chi connectivity index (χ4v) is 4.28. The van der Waals surface area contributed by atoms with Crippen molar-refractivity contribution < 1.29 is 17.9 Å². The summed E-state index contributed by atoms with van der Waals surface area (Å²) in [7, 11) is 0. The van der Waals surface area contributed by atoms with Crippen molar-refractivity contribution in [1.82, 2.24) is 9.97 Å². The molecule has 0 fully saturated rings. The summed E-state index contributed by atoms with van der Waals surface area (Å²) in [6, 6.07) is 4.86. The SMILES string of the molecule is Cc1nc(Oc2cccc(C(F)(F)F)c2)c2c3c(sc2n1)CCC3. The molecule has 0 atom stereocenters. The molecular weight excluding hydrogens is 337 g/mol. The van der Waals surface area contributed by atoms with Crippen LogP contribution in [-0.2, 0) is 19.0 Å². The fraction of sp³-hybridized carbons (Fsp3) is 0.294. The molecule has 0 aliphatic heterocycles. The number of benzene rings is 1. The summed E-state index contributed by atoms with van der Waals surface area (Å²) < 4.78 is 44.4. The van der Waals surface area contributed by atoms with Crippen LogP contribution in [0.5, 0.6) is 11.6 Å². The van der Waals surface area contributed by atoms with Gasteiger partial charge in [-0.15, -0.1) is 11.3 Å². The molecular formula is C17H13F3N2OS. The number of hydrogen-bond acceptors (Lipinski definition) is 4. The lowest BCUT2D eigenvalue weighted by molar-refractivity contribution is -0.137. The van der Waals surface area contributed by atoms with Crippen LogP contribution in [0.2, 0.25) is 0 Å². The van der Waals surface area contributed by atoms with Gasteiger partial charge in [-0.3, -0.25) is 0 Å². The third-order valence-corrected chi connectivity index (χ3v) is 5.20. The van der Waals surface area contributed by atoms with Gasteiger partial charge in [0.2, 0.25) is 5.88 Å². The minimum Gasteiger partial charge on any atom is -0.438 e. The van der Waals surface area contributed by atoms with Crippen molar-refractivity contribution >= 4 is 21.6 Å². The van der Waals surface area contributed by atoms with Gasteiger partial charge in [-0.25, -0.2) is 4.98 Å². The van der Waals surface area contributed by atoms with E-state index in [9.17, 15) is 13.2 Å². The molecule has 0 bridgehead atoms. The molecule has 2 heterocycles. The Morgan fingerprint density at radius 3 is 2.79 bits per heavy atom. The van der Waals surface area contributed by atoms with Crippen molar-refractivity contribution in [3.05, 3.63) is 46.1 Å². The van der Waals surface area contributed by atoms with E-state index in [1.807, 2.05) is 0 Å². The van der Waals surface area contributed by atoms with E-state index in [0.29, 0.717) is 11.7 Å². The van der Waals surface area contributed by atoms with Crippen LogP contribution in [0, 0.1) is 6.92 Å². The Labute approximate surface area is 140 Å². The summed E-state index contributed by atoms with van der Waals surface area (Å²) in [6.07, 6.45) is -1.38. The van der Waals surface area contributed by atoms with Gasteiger partial charge in [0.05, 0.1) is 10.9 Å². The van der Waals surface area contributed by atoms with Crippen LogP contribution < -0.4 is 4.74 Å². The number of alkyl halides is 3. The Morgan fingerprint density at radius 1 is 1.17 bits per heavy atom. The number of ether oxygens (including phenoxy) is 1. The van der Waals surface area contributed by atoms with Crippen LogP contribution in [0.15, 0.2) is 24.3 Å². The standard InChI is InChI=1S/C17H13F3N2OS/c1-9-21-15(14-12-6-3-7-13(12)24-16(14)22-9)23-11-5-2-4-10(8-11)17(18,19)20/h2,4-5,8H,3,6-7H2,1H3. The lowest BCUT2D eigenvalue weighted by Gasteiger charge is -2.11. The molecule has 1 aliphatic carbocycles. The van der Waals surface area contributed by atoms with E-state index in [4.69, 9.17) is 4.74 Å². The molecule has 0 saturated heterocycles. The van der Waals surface area contributed by atoms with Gasteiger partial charge >= 0.3 is 6.18 Å². The number of nitrogens with zero attached hydrogens (tertiary/aromatic N) is 2. The zero-order valence-corrected chi connectivity index (χ0v) is 13.6. The molecule has 0 radical (unpaired) electrons. The number of thiophene rings is 1. The Kier molecular flexibility index (Phi) is 3.49. The quantitative estimate of drug-likeness (QED) is 0.629. The van der Waals surface area contributed by atoms with Crippen LogP contribution in [0.4, 0.5) is 13.2 Å². The molecule has 0 unspecified atom stereocenters. The molecule has 3 aromatic rings. The molecule has 0 amide bonds. The first-order chi connectivity index (χ1) is 11.4. The maximum Gasteiger partial charge on any atom is 0.416 e. The summed E-state index contributed by atoms with van der Waals surface area (Å²) in [6.45, 7) is 1.75. The first-order valence-corrected chi connectivity index (χ1v) is 8.37. The lowest BCUT2D eigenvalue weighted by Crippen LogP contribution is -2.04. The molecule has 1 aliphatic rings. The molecule has 0 saturated carbocycles. The smallest absolute Gasteiger partial charge is 0.416 e. The van der Waals surface area contributed by atoms with Crippen molar-refractivity contribution in [2.45, 2.75) is 32.4 Å². The minimum absolute atomic E-state index is 0.127. The third-order valence-electron chi connectivity index (χ3n) is 4.02. The summed E-state index contributed by atoms with van der Waals surface area (Å²) in [5.74, 6) is 1.02. The van der Waals surface area contributed by atoms with Gasteiger partial charge < -0.3 is 4.74 Å². The van der Waals surface area contributed by atoms with Gasteiger partial charge in [-0.1, -0.05) is 6.07 Å². The van der Waals surface area contributed by atoms with E-state index in [1.165, 1.54) is 22.6 Å². The molecule has 24 heavy (non-hydrogen) atoms. The highest BCUT2D eigenvalue weighted by Gasteiger charge is 2.31. The van der Waals surface area contributed by atoms with Crippen molar-refractivity contribution in [2.24, 2.45) is 0 Å². The highest BCUT2D eigenvalue weighted by Crippen LogP contribution is 2.41. The maximum absolute atomic E-state index is 12.9. The monoisotopic (exact) mass is 350 g/mol. The normalized spacial score (nSPS) is 14.2. The van der Waals surface area contributed by atoms with Gasteiger partial charge in [0.1, 0.15) is 16.4 Å². The predicted molar refractivity (Wildman–Crippen MR) is 85.7 cm³/mol. The minimum atomic E-state index is -4.40. The molecule has 0 N–H and O–H groups in total. The van der Waals surface area contributed by atoms with E-state index in [1.54, 1.807) is 18.3 Å². The van der Waals surface area contributed by atoms with Gasteiger partial charge in [-0.2, -0.15) is 18.2 Å². The highest BCUT2D eigenvalue weighted by atomic mass is 32.1. The van der Waals surface area contributed by atoms with Crippen LogP contribution in [-0.4, -0.2) is 9.97 Å². The Morgan fingerprint density at radius 2 is 2.00 bits per heavy atom. The van der Waals surface area contributed by atoms with E-state index in [2.05, 4.69) is 9.97 Å². The van der Waals surface area contributed by atoms with E-state index >= 15 is 0 Å². The summed E-state index contributed by atoms with van der Waals surface area (Å²) >= 11 is 1.62. The van der Waals surface area contributed by atoms with Crippen LogP contribution in [0.25, 0.3) is 10.2 Å². The Bertz CT molecular complexity index is 933. The molecule has 0 spiro atoms. The van der Waals surface area contributed by atoms with Gasteiger partial charge in [0.25, 0.3) is 0 Å². The second-order valence-corrected chi connectivity index (χ2v) is 6.82. The molecule has 7 heteroatoms. The first kappa shape index (κ1) is 15.4. The summed E-state index contributed by atoms with van der Waals surface area (Å²) in [5, 5.41) is 0.843. The van der Waals surface area contributed by atoms with Crippen molar-refractivity contribution in [1.29, 1.82) is 0 Å². The number of aryl methyl sites for hydroxylation is 3. The Balaban J connectivity index is 1.80.